The fourth-order valence-corrected chi connectivity index (χ4v) is 1.66. The van der Waals surface area contributed by atoms with Gasteiger partial charge in [0.15, 0.2) is 17.5 Å². The lowest BCUT2D eigenvalue weighted by Gasteiger charge is -2.17. The van der Waals surface area contributed by atoms with Crippen molar-refractivity contribution in [1.29, 1.82) is 0 Å². The van der Waals surface area contributed by atoms with Gasteiger partial charge in [0.2, 0.25) is 0 Å². The molecule has 19 heavy (non-hydrogen) atoms. The number of halogens is 3. The predicted octanol–water partition coefficient (Wildman–Crippen LogP) is 1.77. The van der Waals surface area contributed by atoms with Crippen molar-refractivity contribution in [2.75, 3.05) is 40.4 Å². The first-order valence-corrected chi connectivity index (χ1v) is 6.06. The predicted molar refractivity (Wildman–Crippen MR) is 67.4 cm³/mol. The van der Waals surface area contributed by atoms with E-state index in [4.69, 9.17) is 4.74 Å². The fourth-order valence-electron chi connectivity index (χ4n) is 1.66. The minimum atomic E-state index is -1.42. The molecule has 6 heteroatoms. The Morgan fingerprint density at radius 3 is 2.37 bits per heavy atom. The molecular formula is C13H19F3N2O. The molecule has 0 saturated heterocycles. The number of rotatable bonds is 8. The highest BCUT2D eigenvalue weighted by Gasteiger charge is 2.11. The molecule has 108 valence electrons. The van der Waals surface area contributed by atoms with Crippen LogP contribution in [0.15, 0.2) is 12.1 Å². The van der Waals surface area contributed by atoms with Crippen LogP contribution >= 0.6 is 0 Å². The van der Waals surface area contributed by atoms with Crippen LogP contribution in [0, 0.1) is 17.5 Å². The van der Waals surface area contributed by atoms with Crippen LogP contribution in [0.2, 0.25) is 0 Å². The van der Waals surface area contributed by atoms with Crippen molar-refractivity contribution in [2.45, 2.75) is 6.54 Å². The van der Waals surface area contributed by atoms with E-state index in [9.17, 15) is 13.2 Å². The lowest BCUT2D eigenvalue weighted by molar-refractivity contribution is 0.197. The fraction of sp³-hybridized carbons (Fsp3) is 0.538. The van der Waals surface area contributed by atoms with Gasteiger partial charge in [-0.25, -0.2) is 13.2 Å². The molecule has 1 aromatic carbocycles. The summed E-state index contributed by atoms with van der Waals surface area (Å²) in [6.07, 6.45) is 0. The zero-order chi connectivity index (χ0) is 14.3. The molecule has 0 fully saturated rings. The first-order valence-electron chi connectivity index (χ1n) is 6.06. The summed E-state index contributed by atoms with van der Waals surface area (Å²) in [5, 5.41) is 3.16. The molecule has 0 heterocycles. The minimum absolute atomic E-state index is 0.361. The van der Waals surface area contributed by atoms with Crippen LogP contribution in [0.25, 0.3) is 0 Å². The van der Waals surface area contributed by atoms with Crippen LogP contribution in [0.3, 0.4) is 0 Å². The standard InChI is InChI=1S/C13H19F3N2O/c1-18(5-3-17-4-6-19-2)9-10-7-11(14)13(16)12(15)8-10/h7-8,17H,3-6,9H2,1-2H3. The van der Waals surface area contributed by atoms with Crippen LogP contribution < -0.4 is 5.32 Å². The average molecular weight is 276 g/mol. The van der Waals surface area contributed by atoms with E-state index in [1.165, 1.54) is 0 Å². The quantitative estimate of drug-likeness (QED) is 0.578. The zero-order valence-electron chi connectivity index (χ0n) is 11.2. The van der Waals surface area contributed by atoms with Gasteiger partial charge in [-0.2, -0.15) is 0 Å². The molecule has 3 nitrogen and oxygen atoms in total. The molecule has 0 amide bonds. The number of nitrogens with one attached hydrogen (secondary N) is 1. The highest BCUT2D eigenvalue weighted by atomic mass is 19.2. The third-order valence-corrected chi connectivity index (χ3v) is 2.65. The maximum Gasteiger partial charge on any atom is 0.194 e. The number of ether oxygens (including phenoxy) is 1. The van der Waals surface area contributed by atoms with Crippen molar-refractivity contribution < 1.29 is 17.9 Å². The van der Waals surface area contributed by atoms with Crippen LogP contribution in [0.4, 0.5) is 13.2 Å². The van der Waals surface area contributed by atoms with Crippen LogP contribution in [-0.2, 0) is 11.3 Å². The molecule has 0 unspecified atom stereocenters. The maximum atomic E-state index is 13.0. The van der Waals surface area contributed by atoms with E-state index >= 15 is 0 Å². The Labute approximate surface area is 111 Å². The summed E-state index contributed by atoms with van der Waals surface area (Å²) in [5.41, 5.74) is 0.413. The van der Waals surface area contributed by atoms with Crippen LogP contribution in [0.1, 0.15) is 5.56 Å². The van der Waals surface area contributed by atoms with Crippen molar-refractivity contribution in [1.82, 2.24) is 10.2 Å². The molecule has 1 rings (SSSR count). The number of hydrogen-bond acceptors (Lipinski definition) is 3. The molecule has 0 aliphatic heterocycles. The molecule has 0 radical (unpaired) electrons. The van der Waals surface area contributed by atoms with Gasteiger partial charge in [0.1, 0.15) is 0 Å². The zero-order valence-corrected chi connectivity index (χ0v) is 11.2. The largest absolute Gasteiger partial charge is 0.383 e. The van der Waals surface area contributed by atoms with Gasteiger partial charge < -0.3 is 15.0 Å². The Bertz CT molecular complexity index is 378. The molecule has 0 aromatic heterocycles. The van der Waals surface area contributed by atoms with Gasteiger partial charge in [0.05, 0.1) is 6.61 Å². The summed E-state index contributed by atoms with van der Waals surface area (Å²) in [6, 6.07) is 2.04. The number of likely N-dealkylation sites (N-methyl/N-ethyl adjacent to an activating group) is 1. The third kappa shape index (κ3) is 5.59. The van der Waals surface area contributed by atoms with E-state index in [1.807, 2.05) is 11.9 Å². The van der Waals surface area contributed by atoms with Gasteiger partial charge in [-0.1, -0.05) is 0 Å². The van der Waals surface area contributed by atoms with Gasteiger partial charge in [-0.05, 0) is 24.7 Å². The van der Waals surface area contributed by atoms with Crippen molar-refractivity contribution in [3.8, 4) is 0 Å². The molecule has 1 aromatic rings. The van der Waals surface area contributed by atoms with E-state index in [-0.39, 0.29) is 0 Å². The molecule has 0 spiro atoms. The van der Waals surface area contributed by atoms with E-state index in [1.54, 1.807) is 7.11 Å². The van der Waals surface area contributed by atoms with Crippen molar-refractivity contribution in [3.05, 3.63) is 35.1 Å². The van der Waals surface area contributed by atoms with Crippen LogP contribution in [-0.4, -0.2) is 45.3 Å². The minimum Gasteiger partial charge on any atom is -0.383 e. The summed E-state index contributed by atoms with van der Waals surface area (Å²) in [4.78, 5) is 1.89. The highest BCUT2D eigenvalue weighted by Crippen LogP contribution is 2.14. The Morgan fingerprint density at radius 2 is 1.79 bits per heavy atom. The Morgan fingerprint density at radius 1 is 1.16 bits per heavy atom. The Kier molecular flexibility index (Phi) is 6.83. The monoisotopic (exact) mass is 276 g/mol. The van der Waals surface area contributed by atoms with Gasteiger partial charge in [-0.3, -0.25) is 0 Å². The second-order valence-electron chi connectivity index (χ2n) is 4.35. The molecule has 0 atom stereocenters. The SMILES string of the molecule is COCCNCCN(C)Cc1cc(F)c(F)c(F)c1. The number of methoxy groups -OCH3 is 1. The van der Waals surface area contributed by atoms with Crippen molar-refractivity contribution in [3.63, 3.8) is 0 Å². The maximum absolute atomic E-state index is 13.0. The van der Waals surface area contributed by atoms with E-state index in [2.05, 4.69) is 5.32 Å². The Hall–Kier alpha value is -1.11. The lowest BCUT2D eigenvalue weighted by Crippen LogP contribution is -2.30. The van der Waals surface area contributed by atoms with Gasteiger partial charge in [0.25, 0.3) is 0 Å². The second-order valence-corrected chi connectivity index (χ2v) is 4.35. The summed E-state index contributed by atoms with van der Waals surface area (Å²) in [6.45, 7) is 3.21. The third-order valence-electron chi connectivity index (χ3n) is 2.65. The number of hydrogen-bond donors (Lipinski definition) is 1. The molecule has 0 saturated carbocycles. The van der Waals surface area contributed by atoms with E-state index < -0.39 is 17.5 Å². The van der Waals surface area contributed by atoms with Gasteiger partial charge >= 0.3 is 0 Å². The number of benzene rings is 1. The summed E-state index contributed by atoms with van der Waals surface area (Å²) >= 11 is 0. The first kappa shape index (κ1) is 15.9. The molecular weight excluding hydrogens is 257 g/mol. The summed E-state index contributed by atoms with van der Waals surface area (Å²) in [5.74, 6) is -3.73. The lowest BCUT2D eigenvalue weighted by atomic mass is 10.2. The van der Waals surface area contributed by atoms with Crippen molar-refractivity contribution >= 4 is 0 Å². The van der Waals surface area contributed by atoms with Gasteiger partial charge in [-0.15, -0.1) is 0 Å². The average Bonchev–Trinajstić information content (AvgIpc) is 2.35. The van der Waals surface area contributed by atoms with E-state index in [0.29, 0.717) is 25.3 Å². The first-order chi connectivity index (χ1) is 9.04. The summed E-state index contributed by atoms with van der Waals surface area (Å²) < 4.78 is 43.7. The van der Waals surface area contributed by atoms with Gasteiger partial charge in [0, 0.05) is 33.3 Å². The normalized spacial score (nSPS) is 11.3. The highest BCUT2D eigenvalue weighted by molar-refractivity contribution is 5.19. The van der Waals surface area contributed by atoms with Crippen LogP contribution in [0.5, 0.6) is 0 Å². The van der Waals surface area contributed by atoms with Crippen molar-refractivity contribution in [2.24, 2.45) is 0 Å². The number of nitrogens with zero attached hydrogens (tertiary/aromatic N) is 1. The second kappa shape index (κ2) is 8.14. The summed E-state index contributed by atoms with van der Waals surface area (Å²) in [7, 11) is 3.46. The molecule has 0 aliphatic rings. The topological polar surface area (TPSA) is 24.5 Å². The molecule has 0 aliphatic carbocycles. The Balaban J connectivity index is 2.38. The van der Waals surface area contributed by atoms with E-state index in [0.717, 1.165) is 25.2 Å². The molecule has 1 N–H and O–H groups in total. The smallest absolute Gasteiger partial charge is 0.194 e. The molecule has 0 bridgehead atoms.